The number of methoxy groups -OCH3 is 2. The lowest BCUT2D eigenvalue weighted by Gasteiger charge is -2.46. The molecule has 0 saturated carbocycles. The third-order valence-corrected chi connectivity index (χ3v) is 31.2. The Morgan fingerprint density at radius 3 is 1.44 bits per heavy atom. The van der Waals surface area contributed by atoms with Crippen LogP contribution < -0.4 is 32.0 Å². The minimum Gasteiger partial charge on any atom is -0.497 e. The molecule has 0 amide bonds. The van der Waals surface area contributed by atoms with Crippen LogP contribution in [-0.2, 0) is 55.8 Å². The number of hydrogen-bond acceptors (Lipinski definition) is 18. The van der Waals surface area contributed by atoms with E-state index in [0.29, 0.717) is 22.6 Å². The quantitative estimate of drug-likeness (QED) is 0.0257. The molecular formula is C62H93N5O17P2Si2. The highest BCUT2D eigenvalue weighted by Gasteiger charge is 2.59. The summed E-state index contributed by atoms with van der Waals surface area (Å²) in [6.45, 7) is 30.3. The molecule has 2 N–H and O–H groups in total. The van der Waals surface area contributed by atoms with Gasteiger partial charge in [0.1, 0.15) is 53.7 Å². The Kier molecular flexibility index (Phi) is 23.5. The molecule has 2 saturated heterocycles. The Morgan fingerprint density at radius 1 is 0.602 bits per heavy atom. The highest BCUT2D eigenvalue weighted by atomic mass is 31.2. The number of aromatic nitrogens is 4. The van der Waals surface area contributed by atoms with Gasteiger partial charge in [0, 0.05) is 50.8 Å². The fourth-order valence-corrected chi connectivity index (χ4v) is 21.6. The van der Waals surface area contributed by atoms with Crippen molar-refractivity contribution in [3.05, 3.63) is 162 Å². The molecule has 7 rings (SSSR count). The Labute approximate surface area is 520 Å². The molecule has 2 unspecified atom stereocenters. The van der Waals surface area contributed by atoms with Gasteiger partial charge in [-0.25, -0.2) is 18.8 Å². The van der Waals surface area contributed by atoms with Crippen LogP contribution in [-0.4, -0.2) is 131 Å². The van der Waals surface area contributed by atoms with Crippen LogP contribution in [0.15, 0.2) is 123 Å². The lowest BCUT2D eigenvalue weighted by atomic mass is 9.80. The lowest BCUT2D eigenvalue weighted by Crippen LogP contribution is -2.54. The van der Waals surface area contributed by atoms with Crippen molar-refractivity contribution in [2.24, 2.45) is 0 Å². The molecule has 0 spiro atoms. The largest absolute Gasteiger partial charge is 0.497 e. The molecule has 10 atom stereocenters. The lowest BCUT2D eigenvalue weighted by molar-refractivity contribution is -0.0965. The molecule has 0 aliphatic carbocycles. The van der Waals surface area contributed by atoms with Gasteiger partial charge in [0.2, 0.25) is 8.32 Å². The van der Waals surface area contributed by atoms with Gasteiger partial charge in [-0.2, -0.15) is 0 Å². The van der Waals surface area contributed by atoms with Gasteiger partial charge in [-0.15, -0.1) is 0 Å². The number of rotatable bonds is 29. The molecule has 2 fully saturated rings. The van der Waals surface area contributed by atoms with Gasteiger partial charge in [0.15, 0.2) is 20.8 Å². The SMILES string of the molecule is COc1ccc(C(OC[C@H]2O[C@@H](n3ccc(=O)[nH]c3=O)[C@H](O[Si](C)(C)C(C)(C)C)[C@@H]2OP(=O)(OC)OC[C@H]2O[C@@H](n3ccc(=O)[nH]c3=O)[C@H](O[Si](C(C)C)(C(C)C)C(C)C)[C@@H]2OP(OC)N(C(C)C)C(C)C)(c2ccccc2)c2ccc(OC)cc2)cc1. The molecule has 5 aromatic rings. The van der Waals surface area contributed by atoms with Crippen LogP contribution in [0.1, 0.15) is 119 Å². The summed E-state index contributed by atoms with van der Waals surface area (Å²) in [4.78, 5) is 58.1. The molecule has 2 aliphatic heterocycles. The third-order valence-electron chi connectivity index (χ3n) is 17.2. The number of phosphoric ester groups is 1. The van der Waals surface area contributed by atoms with Crippen molar-refractivity contribution in [3.63, 3.8) is 0 Å². The maximum atomic E-state index is 16.0. The van der Waals surface area contributed by atoms with Gasteiger partial charge < -0.3 is 41.6 Å². The number of ether oxygens (including phenoxy) is 5. The molecule has 0 bridgehead atoms. The minimum absolute atomic E-state index is 0.0541. The zero-order valence-electron chi connectivity index (χ0n) is 54.4. The van der Waals surface area contributed by atoms with E-state index in [9.17, 15) is 19.2 Å². The molecule has 26 heteroatoms. The van der Waals surface area contributed by atoms with Crippen LogP contribution in [0.5, 0.6) is 11.5 Å². The third kappa shape index (κ3) is 15.1. The first-order chi connectivity index (χ1) is 41.4. The highest BCUT2D eigenvalue weighted by molar-refractivity contribution is 7.48. The minimum atomic E-state index is -4.90. The van der Waals surface area contributed by atoms with Gasteiger partial charge in [-0.1, -0.05) is 117 Å². The van der Waals surface area contributed by atoms with E-state index in [1.807, 2.05) is 140 Å². The molecular weight excluding hydrogens is 1200 g/mol. The molecule has 486 valence electrons. The molecule has 4 heterocycles. The average Bonchev–Trinajstić information content (AvgIpc) is 1.57. The van der Waals surface area contributed by atoms with Gasteiger partial charge in [-0.05, 0) is 103 Å². The van der Waals surface area contributed by atoms with Crippen LogP contribution in [0.3, 0.4) is 0 Å². The van der Waals surface area contributed by atoms with E-state index in [1.54, 1.807) is 21.3 Å². The molecule has 22 nitrogen and oxygen atoms in total. The van der Waals surface area contributed by atoms with Crippen molar-refractivity contribution in [3.8, 4) is 11.5 Å². The van der Waals surface area contributed by atoms with E-state index in [-0.39, 0.29) is 35.3 Å². The van der Waals surface area contributed by atoms with E-state index >= 15 is 4.57 Å². The number of nitrogens with zero attached hydrogens (tertiary/aromatic N) is 3. The Morgan fingerprint density at radius 2 is 1.05 bits per heavy atom. The summed E-state index contributed by atoms with van der Waals surface area (Å²) in [5, 5.41) is -0.444. The average molecular weight is 1300 g/mol. The van der Waals surface area contributed by atoms with Gasteiger partial charge >= 0.3 is 19.2 Å². The van der Waals surface area contributed by atoms with E-state index in [4.69, 9.17) is 55.2 Å². The van der Waals surface area contributed by atoms with E-state index in [1.165, 1.54) is 40.8 Å². The Balaban J connectivity index is 1.40. The Hall–Kier alpha value is -4.73. The fraction of sp³-hybridized carbons (Fsp3) is 0.581. The first-order valence-electron chi connectivity index (χ1n) is 30.0. The standard InChI is InChI=1S/C62H93N5O17P2Si2/c1-39(2)67(40(3)4)85(75-16)81-53-50(80-57(65-35-33-51(68)63-59(65)70)55(53)84-88(41(5)6,42(7)8)43(9)10)38-78-86(72,76-17)82-54-49(79-58(66-36-34-52(69)64-60(66)71)56(54)83-87(18,19)61(11,12)13)37-77-62(44-23-21-20-22-24-44,45-25-29-47(73-14)30-26-45)46-27-31-48(74-15)32-28-46/h20-36,39-43,49-50,53-58H,37-38H2,1-19H3,(H,63,68,70)(H,64,69,71)/t49-,50-,53-,54-,55-,56-,57-,58-,85?,86?/m1/s1. The summed E-state index contributed by atoms with van der Waals surface area (Å²) in [6.07, 6.45) is -7.13. The van der Waals surface area contributed by atoms with Gasteiger partial charge in [0.05, 0.1) is 27.4 Å². The van der Waals surface area contributed by atoms with Gasteiger partial charge in [0.25, 0.3) is 19.6 Å². The van der Waals surface area contributed by atoms with Crippen molar-refractivity contribution in [2.45, 2.75) is 192 Å². The predicted octanol–water partition coefficient (Wildman–Crippen LogP) is 11.4. The first kappa shape index (κ1) is 70.7. The molecule has 2 aromatic heterocycles. The number of hydrogen-bond donors (Lipinski definition) is 2. The summed E-state index contributed by atoms with van der Waals surface area (Å²) < 4.78 is 101. The number of H-pyrrole nitrogens is 2. The monoisotopic (exact) mass is 1300 g/mol. The van der Waals surface area contributed by atoms with Crippen LogP contribution >= 0.6 is 16.3 Å². The molecule has 88 heavy (non-hydrogen) atoms. The zero-order valence-corrected chi connectivity index (χ0v) is 58.2. The number of phosphoric acid groups is 1. The first-order valence-corrected chi connectivity index (χ1v) is 37.6. The smallest absolute Gasteiger partial charge is 0.475 e. The highest BCUT2D eigenvalue weighted by Crippen LogP contribution is 2.57. The Bertz CT molecular complexity index is 3280. The van der Waals surface area contributed by atoms with E-state index in [0.717, 1.165) is 5.56 Å². The van der Waals surface area contributed by atoms with Crippen LogP contribution in [0.25, 0.3) is 0 Å². The number of aromatic amines is 2. The van der Waals surface area contributed by atoms with Crippen LogP contribution in [0.4, 0.5) is 0 Å². The number of nitrogens with one attached hydrogen (secondary N) is 2. The summed E-state index contributed by atoms with van der Waals surface area (Å²) in [7, 11) is -6.74. The van der Waals surface area contributed by atoms with Crippen molar-refractivity contribution in [1.82, 2.24) is 23.8 Å². The topological polar surface area (TPSA) is 241 Å². The summed E-state index contributed by atoms with van der Waals surface area (Å²) in [5.41, 5.74) is -1.92. The second-order valence-electron chi connectivity index (χ2n) is 25.3. The van der Waals surface area contributed by atoms with Crippen LogP contribution in [0, 0.1) is 0 Å². The summed E-state index contributed by atoms with van der Waals surface area (Å²) in [6, 6.07) is 26.9. The van der Waals surface area contributed by atoms with Crippen molar-refractivity contribution in [2.75, 3.05) is 41.7 Å². The van der Waals surface area contributed by atoms with E-state index in [2.05, 4.69) is 56.2 Å². The number of benzene rings is 3. The molecule has 0 radical (unpaired) electrons. The van der Waals surface area contributed by atoms with Crippen LogP contribution in [0.2, 0.25) is 34.8 Å². The second-order valence-corrected chi connectivity index (χ2v) is 38.7. The van der Waals surface area contributed by atoms with E-state index < -0.39 is 122 Å². The normalized spacial score (nSPS) is 22.4. The molecule has 3 aromatic carbocycles. The van der Waals surface area contributed by atoms with Crippen molar-refractivity contribution in [1.29, 1.82) is 0 Å². The molecule has 2 aliphatic rings. The fourth-order valence-electron chi connectivity index (χ4n) is 12.0. The second kappa shape index (κ2) is 29.3. The maximum absolute atomic E-state index is 16.0. The van der Waals surface area contributed by atoms with Gasteiger partial charge in [-0.3, -0.25) is 42.3 Å². The summed E-state index contributed by atoms with van der Waals surface area (Å²) >= 11 is 0. The predicted molar refractivity (Wildman–Crippen MR) is 343 cm³/mol. The zero-order chi connectivity index (χ0) is 64.8. The van der Waals surface area contributed by atoms with Crippen molar-refractivity contribution < 1.29 is 59.7 Å². The van der Waals surface area contributed by atoms with Crippen molar-refractivity contribution >= 4 is 33.0 Å². The maximum Gasteiger partial charge on any atom is 0.475 e. The summed E-state index contributed by atoms with van der Waals surface area (Å²) in [5.74, 6) is 1.22.